The smallest absolute Gasteiger partial charge is 0.254 e. The third-order valence-corrected chi connectivity index (χ3v) is 3.24. The van der Waals surface area contributed by atoms with Crippen molar-refractivity contribution < 1.29 is 4.79 Å². The average Bonchev–Trinajstić information content (AvgIpc) is 2.29. The minimum absolute atomic E-state index is 0.0662. The highest BCUT2D eigenvalue weighted by Gasteiger charge is 2.24. The first-order chi connectivity index (χ1) is 7.68. The van der Waals surface area contributed by atoms with E-state index in [9.17, 15) is 4.79 Å². The van der Waals surface area contributed by atoms with Crippen LogP contribution in [0.1, 0.15) is 36.5 Å². The third-order valence-electron chi connectivity index (χ3n) is 3.04. The van der Waals surface area contributed by atoms with Crippen molar-refractivity contribution in [1.29, 1.82) is 0 Å². The second-order valence-corrected chi connectivity index (χ2v) is 4.60. The molecule has 3 nitrogen and oxygen atoms in total. The molecule has 1 saturated heterocycles. The number of hydrogen-bond donors (Lipinski definition) is 0. The van der Waals surface area contributed by atoms with Crippen molar-refractivity contribution >= 4 is 17.5 Å². The summed E-state index contributed by atoms with van der Waals surface area (Å²) in [6.07, 6.45) is 4.96. The third kappa shape index (κ3) is 2.35. The molecular formula is C12H15ClN2O. The standard InChI is InChI=1S/C12H15ClN2O/c1-9-4-2-3-7-15(9)12(16)10-5-6-14-11(13)8-10/h5-6,8-9H,2-4,7H2,1H3/t9-/m1/s1. The Kier molecular flexibility index (Phi) is 3.44. The Hall–Kier alpha value is -1.09. The van der Waals surface area contributed by atoms with Crippen molar-refractivity contribution in [3.05, 3.63) is 29.0 Å². The van der Waals surface area contributed by atoms with Crippen molar-refractivity contribution in [2.75, 3.05) is 6.54 Å². The fraction of sp³-hybridized carbons (Fsp3) is 0.500. The molecule has 2 heterocycles. The predicted molar refractivity (Wildman–Crippen MR) is 63.6 cm³/mol. The molecule has 1 aromatic rings. The molecule has 0 spiro atoms. The van der Waals surface area contributed by atoms with Crippen LogP contribution in [-0.2, 0) is 0 Å². The van der Waals surface area contributed by atoms with E-state index in [2.05, 4.69) is 11.9 Å². The van der Waals surface area contributed by atoms with E-state index in [1.165, 1.54) is 6.42 Å². The molecule has 1 atom stereocenters. The Morgan fingerprint density at radius 1 is 1.56 bits per heavy atom. The zero-order chi connectivity index (χ0) is 11.5. The molecule has 0 radical (unpaired) electrons. The van der Waals surface area contributed by atoms with Gasteiger partial charge >= 0.3 is 0 Å². The number of aromatic nitrogens is 1. The molecule has 0 aromatic carbocycles. The van der Waals surface area contributed by atoms with Crippen molar-refractivity contribution in [3.8, 4) is 0 Å². The minimum atomic E-state index is 0.0662. The van der Waals surface area contributed by atoms with Crippen LogP contribution >= 0.6 is 11.6 Å². The maximum Gasteiger partial charge on any atom is 0.254 e. The van der Waals surface area contributed by atoms with Crippen LogP contribution < -0.4 is 0 Å². The molecule has 0 saturated carbocycles. The van der Waals surface area contributed by atoms with E-state index >= 15 is 0 Å². The Labute approximate surface area is 100 Å². The van der Waals surface area contributed by atoms with Crippen LogP contribution in [0.25, 0.3) is 0 Å². The van der Waals surface area contributed by atoms with Crippen molar-refractivity contribution in [1.82, 2.24) is 9.88 Å². The number of hydrogen-bond acceptors (Lipinski definition) is 2. The highest BCUT2D eigenvalue weighted by molar-refractivity contribution is 6.29. The van der Waals surface area contributed by atoms with Crippen molar-refractivity contribution in [2.24, 2.45) is 0 Å². The zero-order valence-corrected chi connectivity index (χ0v) is 10.1. The van der Waals surface area contributed by atoms with E-state index in [1.807, 2.05) is 4.90 Å². The average molecular weight is 239 g/mol. The molecule has 1 aromatic heterocycles. The van der Waals surface area contributed by atoms with E-state index in [0.717, 1.165) is 19.4 Å². The van der Waals surface area contributed by atoms with Gasteiger partial charge in [0.25, 0.3) is 5.91 Å². The van der Waals surface area contributed by atoms with E-state index in [1.54, 1.807) is 18.3 Å². The van der Waals surface area contributed by atoms with Gasteiger partial charge in [0.15, 0.2) is 0 Å². The molecule has 1 amide bonds. The van der Waals surface area contributed by atoms with Crippen LogP contribution in [0.5, 0.6) is 0 Å². The molecular weight excluding hydrogens is 224 g/mol. The summed E-state index contributed by atoms with van der Waals surface area (Å²) in [6.45, 7) is 2.94. The molecule has 1 aliphatic rings. The van der Waals surface area contributed by atoms with Crippen molar-refractivity contribution in [3.63, 3.8) is 0 Å². The summed E-state index contributed by atoms with van der Waals surface area (Å²) in [5, 5.41) is 0.371. The second kappa shape index (κ2) is 4.83. The lowest BCUT2D eigenvalue weighted by Gasteiger charge is -2.33. The Bertz CT molecular complexity index is 394. The number of rotatable bonds is 1. The van der Waals surface area contributed by atoms with Gasteiger partial charge in [0.1, 0.15) is 5.15 Å². The number of halogens is 1. The first-order valence-corrected chi connectivity index (χ1v) is 5.99. The maximum absolute atomic E-state index is 12.2. The van der Waals surface area contributed by atoms with Gasteiger partial charge in [0.2, 0.25) is 0 Å². The van der Waals surface area contributed by atoms with Gasteiger partial charge in [-0.3, -0.25) is 4.79 Å². The topological polar surface area (TPSA) is 33.2 Å². The number of carbonyl (C=O) groups is 1. The van der Waals surface area contributed by atoms with E-state index < -0.39 is 0 Å². The van der Waals surface area contributed by atoms with Crippen LogP contribution in [-0.4, -0.2) is 28.4 Å². The highest BCUT2D eigenvalue weighted by atomic mass is 35.5. The van der Waals surface area contributed by atoms with E-state index in [0.29, 0.717) is 16.8 Å². The highest BCUT2D eigenvalue weighted by Crippen LogP contribution is 2.19. The summed E-state index contributed by atoms with van der Waals surface area (Å²) in [5.41, 5.74) is 0.633. The van der Waals surface area contributed by atoms with Gasteiger partial charge in [-0.1, -0.05) is 11.6 Å². The Morgan fingerprint density at radius 2 is 2.38 bits per heavy atom. The van der Waals surface area contributed by atoms with Crippen LogP contribution in [0.3, 0.4) is 0 Å². The van der Waals surface area contributed by atoms with Gasteiger partial charge in [0, 0.05) is 24.3 Å². The molecule has 4 heteroatoms. The fourth-order valence-electron chi connectivity index (χ4n) is 2.10. The van der Waals surface area contributed by atoms with Crippen LogP contribution in [0.4, 0.5) is 0 Å². The molecule has 16 heavy (non-hydrogen) atoms. The number of likely N-dealkylation sites (tertiary alicyclic amines) is 1. The lowest BCUT2D eigenvalue weighted by atomic mass is 10.0. The maximum atomic E-state index is 12.2. The number of amides is 1. The van der Waals surface area contributed by atoms with Gasteiger partial charge in [0.05, 0.1) is 0 Å². The summed E-state index contributed by atoms with van der Waals surface area (Å²) in [6, 6.07) is 3.67. The second-order valence-electron chi connectivity index (χ2n) is 4.21. The largest absolute Gasteiger partial charge is 0.336 e. The summed E-state index contributed by atoms with van der Waals surface area (Å²) in [4.78, 5) is 18.0. The first kappa shape index (κ1) is 11.4. The monoisotopic (exact) mass is 238 g/mol. The summed E-state index contributed by atoms with van der Waals surface area (Å²) in [7, 11) is 0. The quantitative estimate of drug-likeness (QED) is 0.705. The van der Waals surface area contributed by atoms with Crippen LogP contribution in [0.2, 0.25) is 5.15 Å². The molecule has 0 N–H and O–H groups in total. The minimum Gasteiger partial charge on any atom is -0.336 e. The Morgan fingerprint density at radius 3 is 3.06 bits per heavy atom. The zero-order valence-electron chi connectivity index (χ0n) is 9.32. The summed E-state index contributed by atoms with van der Waals surface area (Å²) >= 11 is 5.78. The summed E-state index contributed by atoms with van der Waals surface area (Å²) < 4.78 is 0. The van der Waals surface area contributed by atoms with Gasteiger partial charge < -0.3 is 4.90 Å². The van der Waals surface area contributed by atoms with Gasteiger partial charge in [-0.2, -0.15) is 0 Å². The predicted octanol–water partition coefficient (Wildman–Crippen LogP) is 2.75. The number of pyridine rings is 1. The normalized spacial score (nSPS) is 20.9. The molecule has 1 fully saturated rings. The van der Waals surface area contributed by atoms with Gasteiger partial charge in [-0.25, -0.2) is 4.98 Å². The first-order valence-electron chi connectivity index (χ1n) is 5.61. The number of carbonyl (C=O) groups excluding carboxylic acids is 1. The summed E-state index contributed by atoms with van der Waals surface area (Å²) in [5.74, 6) is 0.0662. The van der Waals surface area contributed by atoms with E-state index in [-0.39, 0.29) is 5.91 Å². The van der Waals surface area contributed by atoms with Gasteiger partial charge in [-0.15, -0.1) is 0 Å². The molecule has 0 unspecified atom stereocenters. The van der Waals surface area contributed by atoms with E-state index in [4.69, 9.17) is 11.6 Å². The lowest BCUT2D eigenvalue weighted by Crippen LogP contribution is -2.42. The lowest BCUT2D eigenvalue weighted by molar-refractivity contribution is 0.0635. The SMILES string of the molecule is C[C@@H]1CCCCN1C(=O)c1ccnc(Cl)c1. The molecule has 2 rings (SSSR count). The molecule has 0 aliphatic carbocycles. The molecule has 86 valence electrons. The Balaban J connectivity index is 2.17. The van der Waals surface area contributed by atoms with Gasteiger partial charge in [-0.05, 0) is 38.3 Å². The van der Waals surface area contributed by atoms with Crippen LogP contribution in [0, 0.1) is 0 Å². The fourth-order valence-corrected chi connectivity index (χ4v) is 2.28. The van der Waals surface area contributed by atoms with Crippen LogP contribution in [0.15, 0.2) is 18.3 Å². The van der Waals surface area contributed by atoms with Crippen molar-refractivity contribution in [2.45, 2.75) is 32.2 Å². The number of piperidine rings is 1. The molecule has 0 bridgehead atoms. The molecule has 1 aliphatic heterocycles. The number of nitrogens with zero attached hydrogens (tertiary/aromatic N) is 2.